The van der Waals surface area contributed by atoms with E-state index in [0.29, 0.717) is 0 Å². The Kier molecular flexibility index (Phi) is 6.42. The lowest BCUT2D eigenvalue weighted by Crippen LogP contribution is -2.45. The van der Waals surface area contributed by atoms with Crippen LogP contribution in [0.25, 0.3) is 0 Å². The summed E-state index contributed by atoms with van der Waals surface area (Å²) >= 11 is 1.35. The molecule has 2 N–H and O–H groups in total. The Bertz CT molecular complexity index is 716. The van der Waals surface area contributed by atoms with Gasteiger partial charge in [-0.3, -0.25) is 14.4 Å². The Morgan fingerprint density at radius 2 is 1.96 bits per heavy atom. The first kappa shape index (κ1) is 19.7. The van der Waals surface area contributed by atoms with E-state index in [-0.39, 0.29) is 30.2 Å². The van der Waals surface area contributed by atoms with Crippen LogP contribution in [0.5, 0.6) is 0 Å². The number of hydrogen-bond acceptors (Lipinski definition) is 5. The summed E-state index contributed by atoms with van der Waals surface area (Å²) in [5.74, 6) is -1.12. The lowest BCUT2D eigenvalue weighted by atomic mass is 10.1. The van der Waals surface area contributed by atoms with E-state index in [4.69, 9.17) is 4.74 Å². The second kappa shape index (κ2) is 8.78. The molecule has 2 atom stereocenters. The van der Waals surface area contributed by atoms with Crippen molar-refractivity contribution in [2.45, 2.75) is 68.2 Å². The fourth-order valence-corrected chi connectivity index (χ4v) is 4.51. The minimum atomic E-state index is -0.831. The largest absolute Gasteiger partial charge is 0.452 e. The Labute approximate surface area is 163 Å². The highest BCUT2D eigenvalue weighted by Crippen LogP contribution is 2.36. The first-order valence-corrected chi connectivity index (χ1v) is 10.4. The molecule has 2 amide bonds. The topological polar surface area (TPSA) is 84.5 Å². The maximum Gasteiger partial charge on any atom is 0.308 e. The fourth-order valence-electron chi connectivity index (χ4n) is 3.41. The average Bonchev–Trinajstić information content (AvgIpc) is 3.13. The molecule has 0 unspecified atom stereocenters. The molecule has 1 fully saturated rings. The molecular weight excluding hydrogens is 364 g/mol. The number of carbonyl (C=O) groups excluding carboxylic acids is 3. The molecule has 2 aliphatic rings. The molecule has 27 heavy (non-hydrogen) atoms. The SMILES string of the molecule is CC(C)[C@@H](OC(=O)C[C@H]1Sc2ccccc2NC1=O)C(=O)NC1CCCC1. The number of ether oxygens (including phenoxy) is 1. The van der Waals surface area contributed by atoms with Crippen molar-refractivity contribution in [3.05, 3.63) is 24.3 Å². The van der Waals surface area contributed by atoms with Crippen LogP contribution >= 0.6 is 11.8 Å². The number of carbonyl (C=O) groups is 3. The smallest absolute Gasteiger partial charge is 0.308 e. The number of thioether (sulfide) groups is 1. The molecule has 0 radical (unpaired) electrons. The van der Waals surface area contributed by atoms with Crippen LogP contribution in [0, 0.1) is 5.92 Å². The van der Waals surface area contributed by atoms with E-state index in [1.54, 1.807) is 0 Å². The molecule has 1 aliphatic carbocycles. The van der Waals surface area contributed by atoms with Crippen molar-refractivity contribution in [1.82, 2.24) is 5.32 Å². The molecule has 146 valence electrons. The predicted octanol–water partition coefficient (Wildman–Crippen LogP) is 3.12. The van der Waals surface area contributed by atoms with Gasteiger partial charge >= 0.3 is 5.97 Å². The monoisotopic (exact) mass is 390 g/mol. The number of anilines is 1. The maximum atomic E-state index is 12.5. The summed E-state index contributed by atoms with van der Waals surface area (Å²) in [6.45, 7) is 3.70. The van der Waals surface area contributed by atoms with Crippen LogP contribution in [0.3, 0.4) is 0 Å². The van der Waals surface area contributed by atoms with Crippen molar-refractivity contribution in [3.63, 3.8) is 0 Å². The number of rotatable bonds is 6. The number of benzene rings is 1. The van der Waals surface area contributed by atoms with Gasteiger partial charge in [0.25, 0.3) is 5.91 Å². The van der Waals surface area contributed by atoms with Gasteiger partial charge in [0, 0.05) is 10.9 Å². The van der Waals surface area contributed by atoms with Crippen molar-refractivity contribution in [3.8, 4) is 0 Å². The van der Waals surface area contributed by atoms with Gasteiger partial charge in [-0.05, 0) is 30.9 Å². The highest BCUT2D eigenvalue weighted by Gasteiger charge is 2.33. The zero-order valence-corrected chi connectivity index (χ0v) is 16.5. The zero-order chi connectivity index (χ0) is 19.4. The summed E-state index contributed by atoms with van der Waals surface area (Å²) in [6, 6.07) is 7.65. The second-order valence-corrected chi connectivity index (χ2v) is 8.69. The molecule has 0 spiro atoms. The van der Waals surface area contributed by atoms with Crippen molar-refractivity contribution < 1.29 is 19.1 Å². The minimum absolute atomic E-state index is 0.0647. The van der Waals surface area contributed by atoms with Crippen molar-refractivity contribution in [2.24, 2.45) is 5.92 Å². The van der Waals surface area contributed by atoms with E-state index in [0.717, 1.165) is 36.3 Å². The van der Waals surface area contributed by atoms with Crippen LogP contribution in [-0.4, -0.2) is 35.2 Å². The molecule has 1 saturated carbocycles. The number of amides is 2. The number of para-hydroxylation sites is 1. The molecule has 3 rings (SSSR count). The van der Waals surface area contributed by atoms with E-state index >= 15 is 0 Å². The normalized spacial score (nSPS) is 20.7. The lowest BCUT2D eigenvalue weighted by molar-refractivity contribution is -0.159. The molecule has 0 bridgehead atoms. The molecular formula is C20H26N2O4S. The maximum absolute atomic E-state index is 12.5. The average molecular weight is 391 g/mol. The van der Waals surface area contributed by atoms with Crippen LogP contribution < -0.4 is 10.6 Å². The lowest BCUT2D eigenvalue weighted by Gasteiger charge is -2.26. The molecule has 1 aliphatic heterocycles. The van der Waals surface area contributed by atoms with Crippen LogP contribution in [0.15, 0.2) is 29.2 Å². The Morgan fingerprint density at radius 3 is 2.67 bits per heavy atom. The summed E-state index contributed by atoms with van der Waals surface area (Å²) < 4.78 is 5.48. The highest BCUT2D eigenvalue weighted by atomic mass is 32.2. The Morgan fingerprint density at radius 1 is 1.26 bits per heavy atom. The number of esters is 1. The Hall–Kier alpha value is -2.02. The van der Waals surface area contributed by atoms with Crippen molar-refractivity contribution >= 4 is 35.2 Å². The van der Waals surface area contributed by atoms with E-state index < -0.39 is 17.3 Å². The van der Waals surface area contributed by atoms with E-state index in [1.807, 2.05) is 38.1 Å². The summed E-state index contributed by atoms with van der Waals surface area (Å²) in [7, 11) is 0. The minimum Gasteiger partial charge on any atom is -0.452 e. The van der Waals surface area contributed by atoms with Gasteiger partial charge in [0.15, 0.2) is 6.10 Å². The second-order valence-electron chi connectivity index (χ2n) is 7.44. The molecule has 7 heteroatoms. The molecule has 0 saturated heterocycles. The fraction of sp³-hybridized carbons (Fsp3) is 0.550. The summed E-state index contributed by atoms with van der Waals surface area (Å²) in [5, 5.41) is 5.25. The zero-order valence-electron chi connectivity index (χ0n) is 15.7. The van der Waals surface area contributed by atoms with Gasteiger partial charge < -0.3 is 15.4 Å². The Balaban J connectivity index is 1.57. The third-order valence-corrected chi connectivity index (χ3v) is 6.16. The van der Waals surface area contributed by atoms with Crippen LogP contribution in [0.2, 0.25) is 0 Å². The number of fused-ring (bicyclic) bond motifs is 1. The molecule has 1 aromatic carbocycles. The third-order valence-electron chi connectivity index (χ3n) is 4.88. The first-order chi connectivity index (χ1) is 12.9. The standard InChI is InChI=1S/C20H26N2O4S/c1-12(2)18(20(25)21-13-7-3-4-8-13)26-17(23)11-16-19(24)22-14-9-5-6-10-15(14)27-16/h5-6,9-10,12-13,16,18H,3-4,7-8,11H2,1-2H3,(H,21,25)(H,22,24)/t16-,18-/m1/s1. The van der Waals surface area contributed by atoms with Gasteiger partial charge in [0.2, 0.25) is 5.91 Å². The van der Waals surface area contributed by atoms with Gasteiger partial charge in [-0.2, -0.15) is 0 Å². The van der Waals surface area contributed by atoms with E-state index in [2.05, 4.69) is 10.6 Å². The molecule has 6 nitrogen and oxygen atoms in total. The van der Waals surface area contributed by atoms with Gasteiger partial charge in [0.1, 0.15) is 0 Å². The van der Waals surface area contributed by atoms with Crippen LogP contribution in [0.4, 0.5) is 5.69 Å². The number of hydrogen-bond donors (Lipinski definition) is 2. The first-order valence-electron chi connectivity index (χ1n) is 9.50. The van der Waals surface area contributed by atoms with E-state index in [1.165, 1.54) is 11.8 Å². The van der Waals surface area contributed by atoms with E-state index in [9.17, 15) is 14.4 Å². The van der Waals surface area contributed by atoms with Gasteiger partial charge in [0.05, 0.1) is 17.4 Å². The van der Waals surface area contributed by atoms with Crippen LogP contribution in [0.1, 0.15) is 46.0 Å². The summed E-state index contributed by atoms with van der Waals surface area (Å²) in [4.78, 5) is 38.1. The predicted molar refractivity (Wildman–Crippen MR) is 104 cm³/mol. The summed E-state index contributed by atoms with van der Waals surface area (Å²) in [6.07, 6.45) is 3.29. The highest BCUT2D eigenvalue weighted by molar-refractivity contribution is 8.01. The number of nitrogens with one attached hydrogen (secondary N) is 2. The summed E-state index contributed by atoms with van der Waals surface area (Å²) in [5.41, 5.74) is 0.758. The molecule has 1 aromatic rings. The van der Waals surface area contributed by atoms with Gasteiger partial charge in [-0.15, -0.1) is 11.8 Å². The van der Waals surface area contributed by atoms with Gasteiger partial charge in [-0.1, -0.05) is 38.8 Å². The molecule has 1 heterocycles. The van der Waals surface area contributed by atoms with Gasteiger partial charge in [-0.25, -0.2) is 0 Å². The third kappa shape index (κ3) is 5.03. The quantitative estimate of drug-likeness (QED) is 0.729. The van der Waals surface area contributed by atoms with Crippen molar-refractivity contribution in [1.29, 1.82) is 0 Å². The van der Waals surface area contributed by atoms with Crippen LogP contribution in [-0.2, 0) is 19.1 Å². The van der Waals surface area contributed by atoms with Crippen molar-refractivity contribution in [2.75, 3.05) is 5.32 Å². The molecule has 0 aromatic heterocycles.